The lowest BCUT2D eigenvalue weighted by Gasteiger charge is -2.21. The quantitative estimate of drug-likeness (QED) is 0.866. The highest BCUT2D eigenvalue weighted by Gasteiger charge is 2.32. The molecule has 124 valence electrons. The van der Waals surface area contributed by atoms with Crippen LogP contribution in [0.15, 0.2) is 53.6 Å². The summed E-state index contributed by atoms with van der Waals surface area (Å²) in [7, 11) is 3.23. The second-order valence-corrected chi connectivity index (χ2v) is 5.64. The van der Waals surface area contributed by atoms with Gasteiger partial charge in [0.05, 0.1) is 26.0 Å². The molecule has 0 aliphatic carbocycles. The van der Waals surface area contributed by atoms with Gasteiger partial charge in [-0.25, -0.2) is 5.01 Å². The smallest absolute Gasteiger partial charge is 0.240 e. The molecular weight excluding hydrogens is 304 g/mol. The van der Waals surface area contributed by atoms with Crippen LogP contribution < -0.4 is 9.47 Å². The van der Waals surface area contributed by atoms with E-state index in [2.05, 4.69) is 5.10 Å². The van der Waals surface area contributed by atoms with Crippen LogP contribution in [0.25, 0.3) is 0 Å². The second kappa shape index (κ2) is 6.74. The molecule has 24 heavy (non-hydrogen) atoms. The molecule has 5 heteroatoms. The van der Waals surface area contributed by atoms with Gasteiger partial charge in [0.25, 0.3) is 0 Å². The Morgan fingerprint density at radius 1 is 1.08 bits per heavy atom. The zero-order valence-corrected chi connectivity index (χ0v) is 14.0. The van der Waals surface area contributed by atoms with Gasteiger partial charge in [0, 0.05) is 19.4 Å². The van der Waals surface area contributed by atoms with E-state index in [1.165, 1.54) is 11.9 Å². The summed E-state index contributed by atoms with van der Waals surface area (Å²) in [6.07, 6.45) is 0.653. The lowest BCUT2D eigenvalue weighted by atomic mass is 9.98. The van der Waals surface area contributed by atoms with Crippen molar-refractivity contribution in [3.8, 4) is 11.5 Å². The number of carbonyl (C=O) groups excluding carboxylic acids is 1. The summed E-state index contributed by atoms with van der Waals surface area (Å²) in [6, 6.07) is 15.4. The zero-order valence-electron chi connectivity index (χ0n) is 14.0. The van der Waals surface area contributed by atoms with Gasteiger partial charge in [-0.05, 0) is 23.3 Å². The predicted octanol–water partition coefficient (Wildman–Crippen LogP) is 3.40. The maximum atomic E-state index is 12.1. The average Bonchev–Trinajstić information content (AvgIpc) is 3.07. The summed E-state index contributed by atoms with van der Waals surface area (Å²) in [5.74, 6) is 1.30. The van der Waals surface area contributed by atoms with Crippen molar-refractivity contribution in [2.24, 2.45) is 5.10 Å². The maximum absolute atomic E-state index is 12.1. The van der Waals surface area contributed by atoms with Crippen LogP contribution >= 0.6 is 0 Å². The first kappa shape index (κ1) is 16.1. The van der Waals surface area contributed by atoms with Crippen LogP contribution in [0, 0.1) is 0 Å². The number of hydrazone groups is 1. The largest absolute Gasteiger partial charge is 0.497 e. The summed E-state index contributed by atoms with van der Waals surface area (Å²) < 4.78 is 10.7. The number of carbonyl (C=O) groups is 1. The van der Waals surface area contributed by atoms with Crippen LogP contribution in [0.3, 0.4) is 0 Å². The maximum Gasteiger partial charge on any atom is 0.240 e. The normalized spacial score (nSPS) is 16.7. The first-order chi connectivity index (χ1) is 11.6. The van der Waals surface area contributed by atoms with Gasteiger partial charge in [0.2, 0.25) is 5.91 Å². The van der Waals surface area contributed by atoms with Crippen molar-refractivity contribution in [3.63, 3.8) is 0 Å². The van der Waals surface area contributed by atoms with Crippen LogP contribution in [0.2, 0.25) is 0 Å². The van der Waals surface area contributed by atoms with Crippen molar-refractivity contribution < 1.29 is 14.3 Å². The number of benzene rings is 2. The fourth-order valence-electron chi connectivity index (χ4n) is 2.89. The van der Waals surface area contributed by atoms with Crippen LogP contribution in [0.4, 0.5) is 0 Å². The van der Waals surface area contributed by atoms with Crippen LogP contribution in [0.1, 0.15) is 30.5 Å². The number of hydrogen-bond acceptors (Lipinski definition) is 4. The molecular formula is C19H20N2O3. The third kappa shape index (κ3) is 3.11. The Morgan fingerprint density at radius 2 is 1.71 bits per heavy atom. The van der Waals surface area contributed by atoms with Crippen molar-refractivity contribution >= 4 is 11.6 Å². The highest BCUT2D eigenvalue weighted by Crippen LogP contribution is 2.36. The molecule has 0 spiro atoms. The fraction of sp³-hybridized carbons (Fsp3) is 0.263. The Bertz CT molecular complexity index is 749. The third-order valence-electron chi connectivity index (χ3n) is 4.10. The molecule has 2 aromatic rings. The minimum atomic E-state index is -0.165. The van der Waals surface area contributed by atoms with Gasteiger partial charge in [-0.1, -0.05) is 30.3 Å². The summed E-state index contributed by atoms with van der Waals surface area (Å²) in [4.78, 5) is 12.1. The molecule has 2 aromatic carbocycles. The highest BCUT2D eigenvalue weighted by molar-refractivity contribution is 6.03. The van der Waals surface area contributed by atoms with Gasteiger partial charge in [-0.2, -0.15) is 5.10 Å². The zero-order chi connectivity index (χ0) is 17.1. The molecule has 0 unspecified atom stereocenters. The van der Waals surface area contributed by atoms with E-state index in [1.807, 2.05) is 48.5 Å². The van der Waals surface area contributed by atoms with E-state index >= 15 is 0 Å². The molecule has 0 saturated carbocycles. The van der Waals surface area contributed by atoms with E-state index in [1.54, 1.807) is 14.2 Å². The number of ether oxygens (including phenoxy) is 2. The monoisotopic (exact) mass is 324 g/mol. The molecule has 0 bridgehead atoms. The molecule has 0 radical (unpaired) electrons. The summed E-state index contributed by atoms with van der Waals surface area (Å²) in [5, 5.41) is 6.08. The molecule has 3 rings (SSSR count). The average molecular weight is 324 g/mol. The molecule has 1 heterocycles. The van der Waals surface area contributed by atoms with E-state index in [4.69, 9.17) is 9.47 Å². The summed E-state index contributed by atoms with van der Waals surface area (Å²) in [5.41, 5.74) is 2.87. The molecule has 5 nitrogen and oxygen atoms in total. The lowest BCUT2D eigenvalue weighted by molar-refractivity contribution is -0.130. The van der Waals surface area contributed by atoms with Gasteiger partial charge < -0.3 is 9.47 Å². The van der Waals surface area contributed by atoms with Gasteiger partial charge in [-0.3, -0.25) is 4.79 Å². The van der Waals surface area contributed by atoms with E-state index in [0.29, 0.717) is 17.9 Å². The Hall–Kier alpha value is -2.82. The van der Waals surface area contributed by atoms with Crippen molar-refractivity contribution in [2.75, 3.05) is 14.2 Å². The summed E-state index contributed by atoms with van der Waals surface area (Å²) >= 11 is 0. The molecule has 0 fully saturated rings. The topological polar surface area (TPSA) is 51.1 Å². The Balaban J connectivity index is 1.98. The standard InChI is InChI=1S/C19H20N2O3/c1-13(22)21-19(12-18(20-21)14-7-5-4-6-8-14)15-9-16(23-2)11-17(10-15)24-3/h4-11,19H,12H2,1-3H3/t19-/m0/s1. The molecule has 1 aliphatic rings. The molecule has 1 amide bonds. The van der Waals surface area contributed by atoms with E-state index < -0.39 is 0 Å². The highest BCUT2D eigenvalue weighted by atomic mass is 16.5. The van der Waals surface area contributed by atoms with Crippen molar-refractivity contribution in [1.82, 2.24) is 5.01 Å². The van der Waals surface area contributed by atoms with Gasteiger partial charge in [0.1, 0.15) is 11.5 Å². The SMILES string of the molecule is COc1cc(OC)cc([C@@H]2CC(c3ccccc3)=NN2C(C)=O)c1. The third-order valence-corrected chi connectivity index (χ3v) is 4.10. The number of rotatable bonds is 4. The Labute approximate surface area is 141 Å². The summed E-state index contributed by atoms with van der Waals surface area (Å²) in [6.45, 7) is 1.53. The number of methoxy groups -OCH3 is 2. The molecule has 0 saturated heterocycles. The first-order valence-corrected chi connectivity index (χ1v) is 7.78. The number of hydrogen-bond donors (Lipinski definition) is 0. The molecule has 1 atom stereocenters. The van der Waals surface area contributed by atoms with E-state index in [9.17, 15) is 4.79 Å². The number of amides is 1. The van der Waals surface area contributed by atoms with Crippen molar-refractivity contribution in [2.45, 2.75) is 19.4 Å². The van der Waals surface area contributed by atoms with Crippen LogP contribution in [-0.2, 0) is 4.79 Å². The second-order valence-electron chi connectivity index (χ2n) is 5.64. The van der Waals surface area contributed by atoms with E-state index in [-0.39, 0.29) is 11.9 Å². The fourth-order valence-corrected chi connectivity index (χ4v) is 2.89. The lowest BCUT2D eigenvalue weighted by Crippen LogP contribution is -2.24. The first-order valence-electron chi connectivity index (χ1n) is 7.78. The van der Waals surface area contributed by atoms with Crippen LogP contribution in [-0.4, -0.2) is 30.8 Å². The van der Waals surface area contributed by atoms with Crippen molar-refractivity contribution in [1.29, 1.82) is 0 Å². The van der Waals surface area contributed by atoms with Gasteiger partial charge in [0.15, 0.2) is 0 Å². The Kier molecular flexibility index (Phi) is 4.51. The Morgan fingerprint density at radius 3 is 2.25 bits per heavy atom. The van der Waals surface area contributed by atoms with E-state index in [0.717, 1.165) is 16.8 Å². The molecule has 0 N–H and O–H groups in total. The van der Waals surface area contributed by atoms with Gasteiger partial charge >= 0.3 is 0 Å². The predicted molar refractivity (Wildman–Crippen MR) is 92.4 cm³/mol. The van der Waals surface area contributed by atoms with Crippen LogP contribution in [0.5, 0.6) is 11.5 Å². The minimum absolute atomic E-state index is 0.0901. The van der Waals surface area contributed by atoms with Crippen molar-refractivity contribution in [3.05, 3.63) is 59.7 Å². The number of nitrogens with zero attached hydrogens (tertiary/aromatic N) is 2. The molecule has 0 aromatic heterocycles. The molecule has 1 aliphatic heterocycles. The van der Waals surface area contributed by atoms with Gasteiger partial charge in [-0.15, -0.1) is 0 Å². The minimum Gasteiger partial charge on any atom is -0.497 e.